The van der Waals surface area contributed by atoms with Crippen LogP contribution in [0.5, 0.6) is 5.75 Å². The molecule has 2 aliphatic heterocycles. The second-order valence-corrected chi connectivity index (χ2v) is 10.9. The van der Waals surface area contributed by atoms with E-state index in [1.165, 1.54) is 43.5 Å². The number of hydrogen-bond acceptors (Lipinski definition) is 7. The number of nitrogens with zero attached hydrogens (tertiary/aromatic N) is 2. The predicted molar refractivity (Wildman–Crippen MR) is 156 cm³/mol. The van der Waals surface area contributed by atoms with Crippen molar-refractivity contribution in [2.24, 2.45) is 5.41 Å². The molecule has 9 heteroatoms. The topological polar surface area (TPSA) is 107 Å². The molecule has 212 valence electrons. The van der Waals surface area contributed by atoms with Gasteiger partial charge < -0.3 is 9.64 Å². The van der Waals surface area contributed by atoms with Gasteiger partial charge in [0.1, 0.15) is 23.0 Å². The van der Waals surface area contributed by atoms with E-state index in [-0.39, 0.29) is 22.6 Å². The minimum Gasteiger partial charge on any atom is -0.497 e. The van der Waals surface area contributed by atoms with Crippen LogP contribution in [0, 0.1) is 21.3 Å². The summed E-state index contributed by atoms with van der Waals surface area (Å²) >= 11 is 0. The van der Waals surface area contributed by atoms with E-state index >= 15 is 0 Å². The maximum atomic E-state index is 14.7. The fraction of sp³-hybridized carbons (Fsp3) is 0.147. The lowest BCUT2D eigenvalue weighted by Crippen LogP contribution is -2.48. The van der Waals surface area contributed by atoms with Gasteiger partial charge in [0.2, 0.25) is 0 Å². The summed E-state index contributed by atoms with van der Waals surface area (Å²) in [5, 5.41) is 11.5. The number of carbonyl (C=O) groups excluding carboxylic acids is 3. The van der Waals surface area contributed by atoms with Crippen molar-refractivity contribution in [2.75, 3.05) is 12.0 Å². The molecule has 0 aromatic heterocycles. The second-order valence-electron chi connectivity index (χ2n) is 10.9. The Bertz CT molecular complexity index is 1860. The Balaban J connectivity index is 1.54. The van der Waals surface area contributed by atoms with Gasteiger partial charge >= 0.3 is 0 Å². The first-order valence-corrected chi connectivity index (χ1v) is 13.6. The molecule has 1 fully saturated rings. The number of anilines is 1. The molecule has 0 amide bonds. The number of non-ortho nitro benzene ring substituents is 1. The molecule has 43 heavy (non-hydrogen) atoms. The van der Waals surface area contributed by atoms with E-state index in [1.807, 2.05) is 0 Å². The number of halogens is 1. The molecule has 2 heterocycles. The summed E-state index contributed by atoms with van der Waals surface area (Å²) in [5.41, 5.74) is 0.275. The second kappa shape index (κ2) is 9.55. The van der Waals surface area contributed by atoms with Crippen LogP contribution >= 0.6 is 0 Å². The van der Waals surface area contributed by atoms with Crippen LogP contribution < -0.4 is 9.64 Å². The number of rotatable bonds is 5. The Labute approximate surface area is 245 Å². The van der Waals surface area contributed by atoms with E-state index in [9.17, 15) is 28.9 Å². The molecule has 4 aromatic rings. The van der Waals surface area contributed by atoms with Crippen LogP contribution in [0.2, 0.25) is 0 Å². The number of ketones is 3. The fourth-order valence-corrected chi connectivity index (χ4v) is 7.07. The molecule has 1 aliphatic carbocycles. The first-order valence-electron chi connectivity index (χ1n) is 13.6. The quantitative estimate of drug-likeness (QED) is 0.123. The zero-order valence-electron chi connectivity index (χ0n) is 22.8. The van der Waals surface area contributed by atoms with Gasteiger partial charge in [-0.05, 0) is 35.9 Å². The zero-order valence-corrected chi connectivity index (χ0v) is 22.8. The normalized spacial score (nSPS) is 21.0. The molecule has 3 atom stereocenters. The van der Waals surface area contributed by atoms with Crippen LogP contribution in [0.15, 0.2) is 97.1 Å². The van der Waals surface area contributed by atoms with Crippen molar-refractivity contribution in [1.29, 1.82) is 0 Å². The van der Waals surface area contributed by atoms with Crippen molar-refractivity contribution in [2.45, 2.75) is 18.0 Å². The predicted octanol–water partition coefficient (Wildman–Crippen LogP) is 6.06. The van der Waals surface area contributed by atoms with Gasteiger partial charge in [-0.15, -0.1) is 0 Å². The van der Waals surface area contributed by atoms with Crippen molar-refractivity contribution >= 4 is 34.8 Å². The minimum absolute atomic E-state index is 0.169. The van der Waals surface area contributed by atoms with E-state index in [0.717, 1.165) is 0 Å². The molecule has 0 unspecified atom stereocenters. The summed E-state index contributed by atoms with van der Waals surface area (Å²) in [6, 6.07) is 21.0. The molecule has 0 radical (unpaired) electrons. The average Bonchev–Trinajstić information content (AvgIpc) is 3.46. The molecule has 1 spiro atoms. The smallest absolute Gasteiger partial charge is 0.269 e. The third-order valence-electron chi connectivity index (χ3n) is 8.85. The highest BCUT2D eigenvalue weighted by atomic mass is 19.1. The van der Waals surface area contributed by atoms with Crippen LogP contribution in [-0.2, 0) is 0 Å². The van der Waals surface area contributed by atoms with E-state index < -0.39 is 45.7 Å². The highest BCUT2D eigenvalue weighted by molar-refractivity contribution is 6.32. The molecule has 0 N–H and O–H groups in total. The lowest BCUT2D eigenvalue weighted by molar-refractivity contribution is -0.384. The maximum absolute atomic E-state index is 14.7. The Morgan fingerprint density at radius 2 is 1.63 bits per heavy atom. The Morgan fingerprint density at radius 3 is 2.28 bits per heavy atom. The molecule has 0 saturated carbocycles. The molecule has 8 nitrogen and oxygen atoms in total. The Morgan fingerprint density at radius 1 is 0.930 bits per heavy atom. The van der Waals surface area contributed by atoms with Gasteiger partial charge in [0, 0.05) is 46.0 Å². The number of fused-ring (bicyclic) bond motifs is 5. The van der Waals surface area contributed by atoms with Gasteiger partial charge in [-0.25, -0.2) is 4.39 Å². The first-order chi connectivity index (χ1) is 20.8. The summed E-state index contributed by atoms with van der Waals surface area (Å²) in [6.45, 7) is 0. The van der Waals surface area contributed by atoms with Gasteiger partial charge in [-0.3, -0.25) is 24.5 Å². The van der Waals surface area contributed by atoms with Gasteiger partial charge in [-0.2, -0.15) is 0 Å². The van der Waals surface area contributed by atoms with Crippen molar-refractivity contribution in [3.8, 4) is 5.75 Å². The highest BCUT2D eigenvalue weighted by Crippen LogP contribution is 2.61. The van der Waals surface area contributed by atoms with Crippen LogP contribution in [-0.4, -0.2) is 41.5 Å². The Kier molecular flexibility index (Phi) is 5.88. The van der Waals surface area contributed by atoms with E-state index in [0.29, 0.717) is 28.1 Å². The highest BCUT2D eigenvalue weighted by Gasteiger charge is 2.71. The minimum atomic E-state index is -1.78. The summed E-state index contributed by atoms with van der Waals surface area (Å²) in [5.74, 6) is -2.32. The molecular weight excluding hydrogens is 551 g/mol. The SMILES string of the molecule is COc1cccc(C(=O)[C@H]2[C@@H](c3ccc([N+](=O)[O-])cc3)C3(C(=O)c4ccccc4C3=O)[C@H]3C=Cc4cc(F)ccc4N23)c1. The standard InChI is InChI=1S/C34H23FN2O6/c1-43-24-6-4-5-21(18-24)31(38)30-29(19-9-13-23(14-10-19)37(41)42)34(32(39)25-7-2-3-8-26(25)33(34)40)28-16-11-20-17-22(35)12-15-27(20)36(28)30/h2-18,28-30H,1H3/t28-,29-,30-/m1/s1. The monoisotopic (exact) mass is 574 g/mol. The van der Waals surface area contributed by atoms with Crippen LogP contribution in [0.1, 0.15) is 48.1 Å². The number of ether oxygens (including phenoxy) is 1. The number of Topliss-reactive ketones (excluding diaryl/α,β-unsaturated/α-hetero) is 3. The van der Waals surface area contributed by atoms with Crippen LogP contribution in [0.4, 0.5) is 15.8 Å². The number of hydrogen-bond donors (Lipinski definition) is 0. The zero-order chi connectivity index (χ0) is 30.0. The van der Waals surface area contributed by atoms with Gasteiger partial charge in [-0.1, -0.05) is 60.7 Å². The molecule has 1 saturated heterocycles. The maximum Gasteiger partial charge on any atom is 0.269 e. The lowest BCUT2D eigenvalue weighted by atomic mass is 9.64. The third-order valence-corrected chi connectivity index (χ3v) is 8.85. The summed E-state index contributed by atoms with van der Waals surface area (Å²) < 4.78 is 19.8. The molecule has 3 aliphatic rings. The fourth-order valence-electron chi connectivity index (χ4n) is 7.07. The van der Waals surface area contributed by atoms with E-state index in [1.54, 1.807) is 71.6 Å². The van der Waals surface area contributed by atoms with Gasteiger partial charge in [0.05, 0.1) is 18.1 Å². The molecule has 0 bridgehead atoms. The summed E-state index contributed by atoms with van der Waals surface area (Å²) in [4.78, 5) is 56.7. The molecule has 4 aromatic carbocycles. The largest absolute Gasteiger partial charge is 0.497 e. The van der Waals surface area contributed by atoms with Crippen molar-refractivity contribution in [1.82, 2.24) is 0 Å². The lowest BCUT2D eigenvalue weighted by Gasteiger charge is -2.37. The number of methoxy groups -OCH3 is 1. The van der Waals surface area contributed by atoms with E-state index in [4.69, 9.17) is 4.74 Å². The average molecular weight is 575 g/mol. The Hall–Kier alpha value is -5.44. The van der Waals surface area contributed by atoms with Gasteiger partial charge in [0.15, 0.2) is 17.3 Å². The number of benzene rings is 4. The summed E-state index contributed by atoms with van der Waals surface area (Å²) in [6.07, 6.45) is 3.37. The van der Waals surface area contributed by atoms with Crippen LogP contribution in [0.25, 0.3) is 6.08 Å². The number of carbonyl (C=O) groups is 3. The third kappa shape index (κ3) is 3.64. The molecule has 7 rings (SSSR count). The van der Waals surface area contributed by atoms with Crippen LogP contribution in [0.3, 0.4) is 0 Å². The van der Waals surface area contributed by atoms with E-state index in [2.05, 4.69) is 0 Å². The van der Waals surface area contributed by atoms with Crippen molar-refractivity contribution in [3.63, 3.8) is 0 Å². The molecular formula is C34H23FN2O6. The van der Waals surface area contributed by atoms with Crippen molar-refractivity contribution < 1.29 is 28.4 Å². The number of nitro benzene ring substituents is 1. The number of nitro groups is 1. The summed E-state index contributed by atoms with van der Waals surface area (Å²) in [7, 11) is 1.48. The van der Waals surface area contributed by atoms with Crippen molar-refractivity contribution in [3.05, 3.63) is 141 Å². The van der Waals surface area contributed by atoms with Gasteiger partial charge in [0.25, 0.3) is 5.69 Å². The first kappa shape index (κ1) is 26.5.